The molecule has 1 aromatic rings. The second kappa shape index (κ2) is 6.39. The van der Waals surface area contributed by atoms with E-state index in [0.717, 1.165) is 25.2 Å². The smallest absolute Gasteiger partial charge is 0.407 e. The van der Waals surface area contributed by atoms with Crippen molar-refractivity contribution in [2.45, 2.75) is 51.8 Å². The van der Waals surface area contributed by atoms with E-state index in [4.69, 9.17) is 4.74 Å². The number of carbonyl (C=O) groups excluding carboxylic acids is 1. The minimum atomic E-state index is -0.463. The van der Waals surface area contributed by atoms with Gasteiger partial charge < -0.3 is 10.1 Å². The van der Waals surface area contributed by atoms with Gasteiger partial charge in [-0.25, -0.2) is 4.79 Å². The van der Waals surface area contributed by atoms with E-state index >= 15 is 0 Å². The van der Waals surface area contributed by atoms with E-state index in [-0.39, 0.29) is 18.2 Å². The number of likely N-dealkylation sites (tertiary alicyclic amines) is 1. The highest BCUT2D eigenvalue weighted by Crippen LogP contribution is 2.22. The Bertz CT molecular complexity index is 472. The van der Waals surface area contributed by atoms with Gasteiger partial charge in [0.2, 0.25) is 0 Å². The molecule has 21 heavy (non-hydrogen) atoms. The molecule has 6 nitrogen and oxygen atoms in total. The molecule has 0 spiro atoms. The maximum atomic E-state index is 11.8. The Kier molecular flexibility index (Phi) is 4.77. The summed E-state index contributed by atoms with van der Waals surface area (Å²) >= 11 is 0. The summed E-state index contributed by atoms with van der Waals surface area (Å²) in [5.74, 6) is 0. The van der Waals surface area contributed by atoms with Gasteiger partial charge in [0.25, 0.3) is 0 Å². The molecule has 1 unspecified atom stereocenters. The van der Waals surface area contributed by atoms with E-state index in [2.05, 4.69) is 27.1 Å². The number of nitrogens with zero attached hydrogens (tertiary/aromatic N) is 3. The number of alkyl carbamates (subject to hydrolysis) is 1. The van der Waals surface area contributed by atoms with Gasteiger partial charge in [0.15, 0.2) is 0 Å². The Morgan fingerprint density at radius 3 is 2.86 bits per heavy atom. The van der Waals surface area contributed by atoms with E-state index < -0.39 is 5.60 Å². The highest BCUT2D eigenvalue weighted by molar-refractivity contribution is 5.68. The van der Waals surface area contributed by atoms with E-state index in [0.29, 0.717) is 0 Å². The van der Waals surface area contributed by atoms with Crippen LogP contribution in [-0.4, -0.2) is 45.7 Å². The minimum Gasteiger partial charge on any atom is -0.444 e. The van der Waals surface area contributed by atoms with Crippen molar-refractivity contribution in [3.8, 4) is 0 Å². The fraction of sp³-hybridized carbons (Fsp3) is 0.667. The second-order valence-corrected chi connectivity index (χ2v) is 6.43. The topological polar surface area (TPSA) is 67.4 Å². The third-order valence-corrected chi connectivity index (χ3v) is 3.50. The SMILES string of the molecule is CC(c1cnccn1)N1CC[C@@H](NC(=O)OC(C)(C)C)C1. The van der Waals surface area contributed by atoms with Crippen molar-refractivity contribution in [2.75, 3.05) is 13.1 Å². The van der Waals surface area contributed by atoms with Crippen LogP contribution >= 0.6 is 0 Å². The quantitative estimate of drug-likeness (QED) is 0.924. The molecule has 0 saturated carbocycles. The lowest BCUT2D eigenvalue weighted by molar-refractivity contribution is 0.0504. The number of carbonyl (C=O) groups is 1. The van der Waals surface area contributed by atoms with Crippen molar-refractivity contribution >= 4 is 6.09 Å². The van der Waals surface area contributed by atoms with Gasteiger partial charge >= 0.3 is 6.09 Å². The first-order valence-corrected chi connectivity index (χ1v) is 7.34. The molecule has 2 atom stereocenters. The van der Waals surface area contributed by atoms with Gasteiger partial charge in [-0.1, -0.05) is 0 Å². The zero-order chi connectivity index (χ0) is 15.5. The highest BCUT2D eigenvalue weighted by Gasteiger charge is 2.29. The summed E-state index contributed by atoms with van der Waals surface area (Å²) in [5, 5.41) is 2.93. The van der Waals surface area contributed by atoms with Gasteiger partial charge in [0, 0.05) is 37.7 Å². The zero-order valence-corrected chi connectivity index (χ0v) is 13.2. The van der Waals surface area contributed by atoms with Crippen molar-refractivity contribution in [1.82, 2.24) is 20.2 Å². The van der Waals surface area contributed by atoms with Gasteiger partial charge in [-0.15, -0.1) is 0 Å². The van der Waals surface area contributed by atoms with Crippen molar-refractivity contribution in [2.24, 2.45) is 0 Å². The lowest BCUT2D eigenvalue weighted by atomic mass is 10.2. The van der Waals surface area contributed by atoms with Crippen molar-refractivity contribution < 1.29 is 9.53 Å². The third kappa shape index (κ3) is 4.67. The summed E-state index contributed by atoms with van der Waals surface area (Å²) in [5.41, 5.74) is 0.491. The maximum absolute atomic E-state index is 11.8. The summed E-state index contributed by atoms with van der Waals surface area (Å²) in [4.78, 5) is 22.5. The zero-order valence-electron chi connectivity index (χ0n) is 13.2. The molecule has 2 rings (SSSR count). The highest BCUT2D eigenvalue weighted by atomic mass is 16.6. The average Bonchev–Trinajstić information content (AvgIpc) is 2.85. The van der Waals surface area contributed by atoms with Crippen LogP contribution in [-0.2, 0) is 4.74 Å². The molecule has 0 aromatic carbocycles. The standard InChI is InChI=1S/C15H24N4O2/c1-11(13-9-16-6-7-17-13)19-8-5-12(10-19)18-14(20)21-15(2,3)4/h6-7,9,11-12H,5,8,10H2,1-4H3,(H,18,20)/t11?,12-/m1/s1. The molecule has 1 fully saturated rings. The molecular weight excluding hydrogens is 268 g/mol. The number of amides is 1. The molecule has 1 aliphatic heterocycles. The summed E-state index contributed by atoms with van der Waals surface area (Å²) < 4.78 is 5.29. The van der Waals surface area contributed by atoms with Crippen LogP contribution in [0, 0.1) is 0 Å². The summed E-state index contributed by atoms with van der Waals surface area (Å²) in [7, 11) is 0. The first-order valence-electron chi connectivity index (χ1n) is 7.34. The Morgan fingerprint density at radius 1 is 1.48 bits per heavy atom. The number of aromatic nitrogens is 2. The fourth-order valence-electron chi connectivity index (χ4n) is 2.44. The van der Waals surface area contributed by atoms with Crippen LogP contribution in [0.4, 0.5) is 4.79 Å². The molecule has 1 amide bonds. The van der Waals surface area contributed by atoms with Gasteiger partial charge in [0.05, 0.1) is 11.7 Å². The summed E-state index contributed by atoms with van der Waals surface area (Å²) in [6, 6.07) is 0.322. The van der Waals surface area contributed by atoms with Crippen LogP contribution in [0.25, 0.3) is 0 Å². The van der Waals surface area contributed by atoms with Gasteiger partial charge in [-0.3, -0.25) is 14.9 Å². The average molecular weight is 292 g/mol. The third-order valence-electron chi connectivity index (χ3n) is 3.50. The second-order valence-electron chi connectivity index (χ2n) is 6.43. The molecule has 0 radical (unpaired) electrons. The molecule has 1 saturated heterocycles. The molecular formula is C15H24N4O2. The van der Waals surface area contributed by atoms with E-state index in [9.17, 15) is 4.79 Å². The van der Waals surface area contributed by atoms with Crippen LogP contribution in [0.2, 0.25) is 0 Å². The lowest BCUT2D eigenvalue weighted by Crippen LogP contribution is -2.40. The normalized spacial score (nSPS) is 21.0. The maximum Gasteiger partial charge on any atom is 0.407 e. The molecule has 1 aliphatic rings. The van der Waals surface area contributed by atoms with Crippen LogP contribution in [0.15, 0.2) is 18.6 Å². The van der Waals surface area contributed by atoms with E-state index in [1.54, 1.807) is 18.6 Å². The summed E-state index contributed by atoms with van der Waals surface area (Å²) in [6.07, 6.45) is 5.75. The predicted octanol–water partition coefficient (Wildman–Crippen LogP) is 2.14. The Morgan fingerprint density at radius 2 is 2.24 bits per heavy atom. The molecule has 116 valence electrons. The number of hydrogen-bond acceptors (Lipinski definition) is 5. The number of nitrogens with one attached hydrogen (secondary N) is 1. The predicted molar refractivity (Wildman–Crippen MR) is 79.8 cm³/mol. The molecule has 1 aromatic heterocycles. The van der Waals surface area contributed by atoms with Crippen LogP contribution in [0.1, 0.15) is 45.9 Å². The van der Waals surface area contributed by atoms with Crippen LogP contribution in [0.5, 0.6) is 0 Å². The summed E-state index contributed by atoms with van der Waals surface area (Å²) in [6.45, 7) is 9.44. The molecule has 6 heteroatoms. The largest absolute Gasteiger partial charge is 0.444 e. The van der Waals surface area contributed by atoms with E-state index in [1.807, 2.05) is 20.8 Å². The first kappa shape index (κ1) is 15.7. The Hall–Kier alpha value is -1.69. The molecule has 2 heterocycles. The monoisotopic (exact) mass is 292 g/mol. The molecule has 0 bridgehead atoms. The van der Waals surface area contributed by atoms with Crippen LogP contribution < -0.4 is 5.32 Å². The van der Waals surface area contributed by atoms with Gasteiger partial charge in [-0.2, -0.15) is 0 Å². The van der Waals surface area contributed by atoms with Crippen molar-refractivity contribution in [3.05, 3.63) is 24.3 Å². The van der Waals surface area contributed by atoms with Crippen molar-refractivity contribution in [1.29, 1.82) is 0 Å². The number of ether oxygens (including phenoxy) is 1. The fourth-order valence-corrected chi connectivity index (χ4v) is 2.44. The minimum absolute atomic E-state index is 0.124. The molecule has 0 aliphatic carbocycles. The number of hydrogen-bond donors (Lipinski definition) is 1. The lowest BCUT2D eigenvalue weighted by Gasteiger charge is -2.24. The van der Waals surface area contributed by atoms with Crippen molar-refractivity contribution in [3.63, 3.8) is 0 Å². The molecule has 1 N–H and O–H groups in total. The van der Waals surface area contributed by atoms with Crippen LogP contribution in [0.3, 0.4) is 0 Å². The number of rotatable bonds is 3. The van der Waals surface area contributed by atoms with Gasteiger partial charge in [-0.05, 0) is 34.1 Å². The first-order chi connectivity index (χ1) is 9.85. The van der Waals surface area contributed by atoms with Gasteiger partial charge in [0.1, 0.15) is 5.60 Å². The Labute approximate surface area is 125 Å². The van der Waals surface area contributed by atoms with E-state index in [1.165, 1.54) is 0 Å². The Balaban J connectivity index is 1.85.